The van der Waals surface area contributed by atoms with E-state index in [0.717, 1.165) is 19.4 Å². The summed E-state index contributed by atoms with van der Waals surface area (Å²) in [7, 11) is 0. The third-order valence-corrected chi connectivity index (χ3v) is 6.54. The molecule has 9 nitrogen and oxygen atoms in total. The SMILES string of the molecule is CC1(O)COCCN(c2nc(OC[C@@]34CCCN3C[C@H](F)C4)nc3cc(Cl)nnc23)C1. The Hall–Kier alpha value is -1.88. The van der Waals surface area contributed by atoms with Crippen molar-refractivity contribution in [3.8, 4) is 6.01 Å². The third-order valence-electron chi connectivity index (χ3n) is 6.35. The van der Waals surface area contributed by atoms with Crippen molar-refractivity contribution in [3.63, 3.8) is 0 Å². The first-order chi connectivity index (χ1) is 14.8. The van der Waals surface area contributed by atoms with Gasteiger partial charge in [-0.15, -0.1) is 10.2 Å². The van der Waals surface area contributed by atoms with E-state index in [0.29, 0.717) is 56.1 Å². The van der Waals surface area contributed by atoms with Gasteiger partial charge in [-0.1, -0.05) is 11.6 Å². The molecule has 0 spiro atoms. The number of β-amino-alcohol motifs (C(OH)–C–C–N with tert-alkyl or cyclic N) is 1. The minimum absolute atomic E-state index is 0.180. The van der Waals surface area contributed by atoms with Gasteiger partial charge in [0.15, 0.2) is 16.5 Å². The number of fused-ring (bicyclic) bond motifs is 2. The monoisotopic (exact) mass is 452 g/mol. The first-order valence-electron chi connectivity index (χ1n) is 10.6. The molecular formula is C20H26ClFN6O3. The van der Waals surface area contributed by atoms with Gasteiger partial charge >= 0.3 is 6.01 Å². The van der Waals surface area contributed by atoms with E-state index < -0.39 is 11.8 Å². The summed E-state index contributed by atoms with van der Waals surface area (Å²) in [4.78, 5) is 13.2. The van der Waals surface area contributed by atoms with E-state index >= 15 is 0 Å². The number of rotatable bonds is 4. The van der Waals surface area contributed by atoms with Crippen molar-refractivity contribution in [2.45, 2.75) is 43.5 Å². The van der Waals surface area contributed by atoms with E-state index in [-0.39, 0.29) is 23.3 Å². The Labute approximate surface area is 184 Å². The van der Waals surface area contributed by atoms with Gasteiger partial charge in [-0.3, -0.25) is 4.90 Å². The van der Waals surface area contributed by atoms with Gasteiger partial charge in [-0.25, -0.2) is 4.39 Å². The van der Waals surface area contributed by atoms with Crippen LogP contribution in [0.2, 0.25) is 5.15 Å². The summed E-state index contributed by atoms with van der Waals surface area (Å²) >= 11 is 6.05. The lowest BCUT2D eigenvalue weighted by Gasteiger charge is -2.31. The van der Waals surface area contributed by atoms with Crippen LogP contribution in [-0.4, -0.2) is 93.5 Å². The smallest absolute Gasteiger partial charge is 0.319 e. The summed E-state index contributed by atoms with van der Waals surface area (Å²) in [5.41, 5.74) is -0.371. The zero-order chi connectivity index (χ0) is 21.6. The normalized spacial score (nSPS) is 31.7. The number of ether oxygens (including phenoxy) is 2. The number of anilines is 1. The van der Waals surface area contributed by atoms with Crippen LogP contribution in [0.3, 0.4) is 0 Å². The molecule has 1 unspecified atom stereocenters. The topological polar surface area (TPSA) is 96.7 Å². The standard InChI is InChI=1S/C20H26ClFN6O3/c1-19(29)10-27(5-6-30-11-19)17-16-14(7-15(21)25-26-16)23-18(24-17)31-12-20-3-2-4-28(20)9-13(22)8-20/h7,13,29H,2-6,8-12H2,1H3/t13-,19?,20+/m1/s1. The molecular weight excluding hydrogens is 427 g/mol. The molecule has 0 amide bonds. The van der Waals surface area contributed by atoms with Crippen LogP contribution in [0, 0.1) is 0 Å². The molecule has 0 saturated carbocycles. The highest BCUT2D eigenvalue weighted by molar-refractivity contribution is 6.29. The number of halogens is 2. The lowest BCUT2D eigenvalue weighted by molar-refractivity contribution is -0.0123. The van der Waals surface area contributed by atoms with Crippen molar-refractivity contribution in [1.82, 2.24) is 25.1 Å². The van der Waals surface area contributed by atoms with Crippen molar-refractivity contribution in [3.05, 3.63) is 11.2 Å². The predicted molar refractivity (Wildman–Crippen MR) is 112 cm³/mol. The van der Waals surface area contributed by atoms with Gasteiger partial charge in [0.25, 0.3) is 0 Å². The molecule has 0 radical (unpaired) electrons. The second-order valence-electron chi connectivity index (χ2n) is 9.07. The van der Waals surface area contributed by atoms with Crippen molar-refractivity contribution in [1.29, 1.82) is 0 Å². The Morgan fingerprint density at radius 3 is 3.10 bits per heavy atom. The van der Waals surface area contributed by atoms with Gasteiger partial charge in [0.1, 0.15) is 23.9 Å². The van der Waals surface area contributed by atoms with Crippen molar-refractivity contribution in [2.24, 2.45) is 0 Å². The van der Waals surface area contributed by atoms with Crippen LogP contribution in [0.1, 0.15) is 26.2 Å². The molecule has 0 aromatic carbocycles. The van der Waals surface area contributed by atoms with Gasteiger partial charge in [-0.2, -0.15) is 9.97 Å². The average Bonchev–Trinajstić information content (AvgIpc) is 3.16. The lowest BCUT2D eigenvalue weighted by atomic mass is 9.95. The van der Waals surface area contributed by atoms with Crippen molar-refractivity contribution < 1.29 is 19.0 Å². The fraction of sp³-hybridized carbons (Fsp3) is 0.700. The fourth-order valence-corrected chi connectivity index (χ4v) is 5.13. The second-order valence-corrected chi connectivity index (χ2v) is 9.45. The quantitative estimate of drug-likeness (QED) is 0.742. The average molecular weight is 453 g/mol. The third kappa shape index (κ3) is 4.13. The Bertz CT molecular complexity index is 981. The summed E-state index contributed by atoms with van der Waals surface area (Å²) in [5.74, 6) is 0.505. The zero-order valence-corrected chi connectivity index (χ0v) is 18.2. The van der Waals surface area contributed by atoms with Crippen LogP contribution in [-0.2, 0) is 4.74 Å². The number of nitrogens with zero attached hydrogens (tertiary/aromatic N) is 6. The summed E-state index contributed by atoms with van der Waals surface area (Å²) in [6, 6.07) is 1.79. The minimum atomic E-state index is -1.04. The summed E-state index contributed by atoms with van der Waals surface area (Å²) < 4.78 is 25.7. The first kappa shape index (κ1) is 21.0. The predicted octanol–water partition coefficient (Wildman–Crippen LogP) is 1.62. The molecule has 2 aromatic heterocycles. The molecule has 5 rings (SSSR count). The van der Waals surface area contributed by atoms with Gasteiger partial charge in [0, 0.05) is 25.6 Å². The van der Waals surface area contributed by atoms with Crippen LogP contribution < -0.4 is 9.64 Å². The van der Waals surface area contributed by atoms with Gasteiger partial charge in [-0.05, 0) is 26.3 Å². The Balaban J connectivity index is 1.47. The Morgan fingerprint density at radius 1 is 1.35 bits per heavy atom. The number of aromatic nitrogens is 4. The van der Waals surface area contributed by atoms with Gasteiger partial charge < -0.3 is 19.5 Å². The molecule has 5 heterocycles. The molecule has 3 atom stereocenters. The van der Waals surface area contributed by atoms with E-state index in [1.54, 1.807) is 13.0 Å². The van der Waals surface area contributed by atoms with E-state index in [1.807, 2.05) is 4.90 Å². The number of hydrogen-bond donors (Lipinski definition) is 1. The van der Waals surface area contributed by atoms with Gasteiger partial charge in [0.2, 0.25) is 0 Å². The Kier molecular flexibility index (Phi) is 5.36. The lowest BCUT2D eigenvalue weighted by Crippen LogP contribution is -2.44. The van der Waals surface area contributed by atoms with Crippen LogP contribution >= 0.6 is 11.6 Å². The summed E-state index contributed by atoms with van der Waals surface area (Å²) in [6.07, 6.45) is 1.58. The van der Waals surface area contributed by atoms with Gasteiger partial charge in [0.05, 0.1) is 25.3 Å². The van der Waals surface area contributed by atoms with Crippen LogP contribution in [0.25, 0.3) is 11.0 Å². The van der Waals surface area contributed by atoms with E-state index in [2.05, 4.69) is 25.1 Å². The number of alkyl halides is 1. The summed E-state index contributed by atoms with van der Waals surface area (Å²) in [5, 5.41) is 18.9. The molecule has 3 aliphatic heterocycles. The molecule has 1 N–H and O–H groups in total. The van der Waals surface area contributed by atoms with Crippen molar-refractivity contribution in [2.75, 3.05) is 50.9 Å². The molecule has 3 saturated heterocycles. The Morgan fingerprint density at radius 2 is 2.23 bits per heavy atom. The fourth-order valence-electron chi connectivity index (χ4n) is 4.99. The second kappa shape index (κ2) is 7.91. The van der Waals surface area contributed by atoms with Crippen LogP contribution in [0.15, 0.2) is 6.07 Å². The van der Waals surface area contributed by atoms with Crippen LogP contribution in [0.4, 0.5) is 10.2 Å². The zero-order valence-electron chi connectivity index (χ0n) is 17.4. The molecule has 0 bridgehead atoms. The molecule has 3 fully saturated rings. The van der Waals surface area contributed by atoms with E-state index in [1.165, 1.54) is 0 Å². The summed E-state index contributed by atoms with van der Waals surface area (Å²) in [6.45, 7) is 4.90. The molecule has 0 aliphatic carbocycles. The highest BCUT2D eigenvalue weighted by atomic mass is 35.5. The number of aliphatic hydroxyl groups is 1. The highest BCUT2D eigenvalue weighted by Crippen LogP contribution is 2.40. The van der Waals surface area contributed by atoms with Crippen molar-refractivity contribution >= 4 is 28.5 Å². The molecule has 2 aromatic rings. The largest absolute Gasteiger partial charge is 0.461 e. The van der Waals surface area contributed by atoms with E-state index in [4.69, 9.17) is 21.1 Å². The molecule has 168 valence electrons. The minimum Gasteiger partial charge on any atom is -0.461 e. The maximum absolute atomic E-state index is 14.1. The number of hydrogen-bond acceptors (Lipinski definition) is 9. The van der Waals surface area contributed by atoms with E-state index in [9.17, 15) is 9.50 Å². The highest BCUT2D eigenvalue weighted by Gasteiger charge is 2.49. The molecule has 31 heavy (non-hydrogen) atoms. The molecule has 3 aliphatic rings. The molecule has 11 heteroatoms. The maximum Gasteiger partial charge on any atom is 0.319 e. The van der Waals surface area contributed by atoms with Crippen LogP contribution in [0.5, 0.6) is 6.01 Å². The first-order valence-corrected chi connectivity index (χ1v) is 11.0. The maximum atomic E-state index is 14.1.